The molecule has 1 aromatic carbocycles. The minimum absolute atomic E-state index is 0.0863. The van der Waals surface area contributed by atoms with Crippen molar-refractivity contribution in [3.63, 3.8) is 0 Å². The largest absolute Gasteiger partial charge is 0.381 e. The van der Waals surface area contributed by atoms with E-state index in [0.29, 0.717) is 12.5 Å². The number of nitrogens with zero attached hydrogens (tertiary/aromatic N) is 2. The molecule has 1 N–H and O–H groups in total. The van der Waals surface area contributed by atoms with Gasteiger partial charge in [-0.1, -0.05) is 18.2 Å². The van der Waals surface area contributed by atoms with Crippen LogP contribution in [0.25, 0.3) is 11.0 Å². The second-order valence-electron chi connectivity index (χ2n) is 6.64. The van der Waals surface area contributed by atoms with Crippen molar-refractivity contribution in [2.24, 2.45) is 5.92 Å². The van der Waals surface area contributed by atoms with Crippen LogP contribution in [-0.2, 0) is 9.53 Å². The Bertz CT molecular complexity index is 742. The normalized spacial score (nSPS) is 19.4. The minimum atomic E-state index is -0.156. The van der Waals surface area contributed by atoms with Crippen molar-refractivity contribution in [3.05, 3.63) is 42.2 Å². The monoisotopic (exact) mass is 327 g/mol. The highest BCUT2D eigenvalue weighted by molar-refractivity contribution is 5.87. The number of hydrogen-bond acceptors (Lipinski definition) is 3. The summed E-state index contributed by atoms with van der Waals surface area (Å²) >= 11 is 0. The van der Waals surface area contributed by atoms with E-state index in [4.69, 9.17) is 9.72 Å². The number of rotatable bonds is 5. The summed E-state index contributed by atoms with van der Waals surface area (Å²) in [7, 11) is 0. The van der Waals surface area contributed by atoms with Gasteiger partial charge in [0.2, 0.25) is 5.91 Å². The van der Waals surface area contributed by atoms with Gasteiger partial charge in [-0.05, 0) is 45.4 Å². The van der Waals surface area contributed by atoms with Crippen LogP contribution < -0.4 is 5.32 Å². The van der Waals surface area contributed by atoms with Gasteiger partial charge in [0.1, 0.15) is 5.82 Å². The number of carbonyl (C=O) groups is 1. The molecule has 1 amide bonds. The van der Waals surface area contributed by atoms with Gasteiger partial charge in [-0.2, -0.15) is 0 Å². The van der Waals surface area contributed by atoms with Crippen molar-refractivity contribution in [3.8, 4) is 0 Å². The van der Waals surface area contributed by atoms with E-state index in [1.807, 2.05) is 31.2 Å². The first-order valence-corrected chi connectivity index (χ1v) is 8.59. The van der Waals surface area contributed by atoms with E-state index in [1.165, 1.54) is 0 Å². The summed E-state index contributed by atoms with van der Waals surface area (Å²) in [5.41, 5.74) is 2.06. The summed E-state index contributed by atoms with van der Waals surface area (Å²) in [6.07, 6.45) is 4.56. The molecule has 1 fully saturated rings. The van der Waals surface area contributed by atoms with Crippen LogP contribution in [0.15, 0.2) is 36.4 Å². The maximum absolute atomic E-state index is 12.2. The maximum atomic E-state index is 12.2. The van der Waals surface area contributed by atoms with Crippen LogP contribution in [-0.4, -0.2) is 28.7 Å². The summed E-state index contributed by atoms with van der Waals surface area (Å²) in [5.74, 6) is 1.15. The summed E-state index contributed by atoms with van der Waals surface area (Å²) in [4.78, 5) is 16.9. The lowest BCUT2D eigenvalue weighted by molar-refractivity contribution is -0.117. The highest BCUT2D eigenvalue weighted by atomic mass is 16.5. The molecule has 0 bridgehead atoms. The van der Waals surface area contributed by atoms with Gasteiger partial charge >= 0.3 is 0 Å². The molecule has 2 heterocycles. The van der Waals surface area contributed by atoms with Gasteiger partial charge in [-0.3, -0.25) is 4.79 Å². The smallest absolute Gasteiger partial charge is 0.244 e. The number of benzene rings is 1. The first-order chi connectivity index (χ1) is 11.6. The van der Waals surface area contributed by atoms with Crippen LogP contribution in [0.5, 0.6) is 0 Å². The quantitative estimate of drug-likeness (QED) is 0.857. The Kier molecular flexibility index (Phi) is 5.00. The zero-order valence-electron chi connectivity index (χ0n) is 14.5. The van der Waals surface area contributed by atoms with Gasteiger partial charge in [-0.25, -0.2) is 4.98 Å². The SMILES string of the molecule is CC(NC(=O)/C=C/C1CCOC1)c1nc2ccccc2n1C(C)C. The molecule has 1 aliphatic rings. The molecule has 24 heavy (non-hydrogen) atoms. The molecular formula is C19H25N3O2. The Hall–Kier alpha value is -2.14. The maximum Gasteiger partial charge on any atom is 0.244 e. The zero-order valence-corrected chi connectivity index (χ0v) is 14.5. The molecule has 2 aromatic rings. The van der Waals surface area contributed by atoms with Gasteiger partial charge in [-0.15, -0.1) is 0 Å². The fourth-order valence-electron chi connectivity index (χ4n) is 3.17. The van der Waals surface area contributed by atoms with Crippen molar-refractivity contribution in [2.45, 2.75) is 39.3 Å². The topological polar surface area (TPSA) is 56.1 Å². The van der Waals surface area contributed by atoms with Crippen LogP contribution in [0.3, 0.4) is 0 Å². The third kappa shape index (κ3) is 3.51. The van der Waals surface area contributed by atoms with Crippen molar-refractivity contribution >= 4 is 16.9 Å². The van der Waals surface area contributed by atoms with E-state index in [-0.39, 0.29) is 18.0 Å². The number of aromatic nitrogens is 2. The summed E-state index contributed by atoms with van der Waals surface area (Å²) in [6.45, 7) is 7.73. The second kappa shape index (κ2) is 7.18. The Morgan fingerprint density at radius 2 is 2.17 bits per heavy atom. The molecule has 2 unspecified atom stereocenters. The summed E-state index contributed by atoms with van der Waals surface area (Å²) in [5, 5.41) is 3.03. The van der Waals surface area contributed by atoms with E-state index in [9.17, 15) is 4.79 Å². The van der Waals surface area contributed by atoms with Gasteiger partial charge in [0, 0.05) is 18.6 Å². The number of ether oxygens (including phenoxy) is 1. The lowest BCUT2D eigenvalue weighted by Crippen LogP contribution is -2.27. The first kappa shape index (κ1) is 16.7. The Balaban J connectivity index is 1.76. The Morgan fingerprint density at radius 1 is 1.38 bits per heavy atom. The molecular weight excluding hydrogens is 302 g/mol. The van der Waals surface area contributed by atoms with E-state index in [2.05, 4.69) is 29.8 Å². The lowest BCUT2D eigenvalue weighted by atomic mass is 10.1. The Morgan fingerprint density at radius 3 is 2.88 bits per heavy atom. The predicted octanol–water partition coefficient (Wildman–Crippen LogP) is 3.39. The molecule has 1 aliphatic heterocycles. The minimum Gasteiger partial charge on any atom is -0.381 e. The number of amides is 1. The van der Waals surface area contributed by atoms with Crippen LogP contribution in [0.2, 0.25) is 0 Å². The van der Waals surface area contributed by atoms with Crippen molar-refractivity contribution in [1.82, 2.24) is 14.9 Å². The number of para-hydroxylation sites is 2. The molecule has 0 aliphatic carbocycles. The van der Waals surface area contributed by atoms with E-state index >= 15 is 0 Å². The molecule has 0 spiro atoms. The zero-order chi connectivity index (χ0) is 17.1. The number of hydrogen-bond donors (Lipinski definition) is 1. The highest BCUT2D eigenvalue weighted by Crippen LogP contribution is 2.24. The van der Waals surface area contributed by atoms with E-state index < -0.39 is 0 Å². The first-order valence-electron chi connectivity index (χ1n) is 8.59. The van der Waals surface area contributed by atoms with Crippen molar-refractivity contribution in [2.75, 3.05) is 13.2 Å². The number of nitrogens with one attached hydrogen (secondary N) is 1. The Labute approximate surface area is 142 Å². The second-order valence-corrected chi connectivity index (χ2v) is 6.64. The number of fused-ring (bicyclic) bond motifs is 1. The molecule has 0 radical (unpaired) electrons. The molecule has 5 nitrogen and oxygen atoms in total. The van der Waals surface area contributed by atoms with E-state index in [0.717, 1.165) is 29.9 Å². The predicted molar refractivity (Wildman–Crippen MR) is 94.7 cm³/mol. The van der Waals surface area contributed by atoms with Crippen molar-refractivity contribution < 1.29 is 9.53 Å². The molecule has 3 rings (SSSR count). The van der Waals surface area contributed by atoms with Gasteiger partial charge in [0.15, 0.2) is 0 Å². The van der Waals surface area contributed by atoms with Crippen LogP contribution in [0, 0.1) is 5.92 Å². The highest BCUT2D eigenvalue weighted by Gasteiger charge is 2.19. The lowest BCUT2D eigenvalue weighted by Gasteiger charge is -2.18. The average molecular weight is 327 g/mol. The molecule has 1 saturated heterocycles. The van der Waals surface area contributed by atoms with Crippen LogP contribution in [0.1, 0.15) is 45.1 Å². The van der Waals surface area contributed by atoms with Crippen molar-refractivity contribution in [1.29, 1.82) is 0 Å². The van der Waals surface area contributed by atoms with Crippen LogP contribution in [0.4, 0.5) is 0 Å². The van der Waals surface area contributed by atoms with Gasteiger partial charge < -0.3 is 14.6 Å². The third-order valence-electron chi connectivity index (χ3n) is 4.37. The molecule has 1 aromatic heterocycles. The molecule has 128 valence electrons. The summed E-state index contributed by atoms with van der Waals surface area (Å²) in [6, 6.07) is 8.20. The van der Waals surface area contributed by atoms with Gasteiger partial charge in [0.05, 0.1) is 23.7 Å². The number of imidazole rings is 1. The third-order valence-corrected chi connectivity index (χ3v) is 4.37. The fraction of sp³-hybridized carbons (Fsp3) is 0.474. The average Bonchev–Trinajstić information content (AvgIpc) is 3.20. The standard InChI is InChI=1S/C19H25N3O2/c1-13(2)22-17-7-5-4-6-16(17)21-19(22)14(3)20-18(23)9-8-15-10-11-24-12-15/h4-9,13-15H,10-12H2,1-3H3,(H,20,23)/b9-8+. The molecule has 5 heteroatoms. The fourth-order valence-corrected chi connectivity index (χ4v) is 3.17. The van der Waals surface area contributed by atoms with Crippen LogP contribution >= 0.6 is 0 Å². The number of carbonyl (C=O) groups excluding carboxylic acids is 1. The molecule has 2 atom stereocenters. The van der Waals surface area contributed by atoms with Gasteiger partial charge in [0.25, 0.3) is 0 Å². The molecule has 0 saturated carbocycles. The summed E-state index contributed by atoms with van der Waals surface area (Å²) < 4.78 is 7.51. The van der Waals surface area contributed by atoms with E-state index in [1.54, 1.807) is 6.08 Å².